The number of esters is 1. The van der Waals surface area contributed by atoms with Crippen LogP contribution in [0.5, 0.6) is 0 Å². The van der Waals surface area contributed by atoms with Crippen molar-refractivity contribution in [3.8, 4) is 0 Å². The number of Topliss-reactive ketones (excluding diaryl/α,β-unsaturated/α-hetero) is 1. The summed E-state index contributed by atoms with van der Waals surface area (Å²) in [5, 5.41) is 3.69. The summed E-state index contributed by atoms with van der Waals surface area (Å²) < 4.78 is 5.07. The molecule has 0 aromatic carbocycles. The molecule has 1 aromatic rings. The van der Waals surface area contributed by atoms with Crippen LogP contribution in [0.1, 0.15) is 51.8 Å². The van der Waals surface area contributed by atoms with Gasteiger partial charge >= 0.3 is 5.97 Å². The van der Waals surface area contributed by atoms with Crippen molar-refractivity contribution in [1.29, 1.82) is 0 Å². The highest BCUT2D eigenvalue weighted by atomic mass is 79.9. The summed E-state index contributed by atoms with van der Waals surface area (Å²) >= 11 is 4.38. The maximum atomic E-state index is 12.2. The highest BCUT2D eigenvalue weighted by Gasteiger charge is 2.30. The minimum absolute atomic E-state index is 0.0350. The Balaban J connectivity index is 2.40. The third-order valence-electron chi connectivity index (χ3n) is 3.14. The fraction of sp³-hybridized carbons (Fsp3) is 0.500. The van der Waals surface area contributed by atoms with Crippen LogP contribution in [0.4, 0.5) is 5.00 Å². The standard InChI is InChI=1S/C14H16BrNO4S/c1-2-20-14(19)11-8-4-3-5-9(17)12(8)21-13(11)16-10(18)6-7-15/h2-7H2,1H3,(H,16,18). The number of carbonyl (C=O) groups excluding carboxylic acids is 3. The molecule has 21 heavy (non-hydrogen) atoms. The molecule has 1 aromatic heterocycles. The van der Waals surface area contributed by atoms with Crippen molar-refractivity contribution in [2.75, 3.05) is 17.3 Å². The first-order valence-corrected chi connectivity index (χ1v) is 8.74. The first kappa shape index (κ1) is 16.2. The van der Waals surface area contributed by atoms with Crippen LogP contribution in [0.15, 0.2) is 0 Å². The summed E-state index contributed by atoms with van der Waals surface area (Å²) in [5.41, 5.74) is 1.08. The Morgan fingerprint density at radius 1 is 1.38 bits per heavy atom. The van der Waals surface area contributed by atoms with Crippen LogP contribution in [0.3, 0.4) is 0 Å². The lowest BCUT2D eigenvalue weighted by atomic mass is 9.94. The van der Waals surface area contributed by atoms with Crippen LogP contribution in [0, 0.1) is 0 Å². The number of alkyl halides is 1. The molecule has 0 fully saturated rings. The Bertz CT molecular complexity index is 582. The second kappa shape index (κ2) is 7.17. The molecule has 0 saturated heterocycles. The Kier molecular flexibility index (Phi) is 5.52. The van der Waals surface area contributed by atoms with E-state index in [0.717, 1.165) is 12.0 Å². The summed E-state index contributed by atoms with van der Waals surface area (Å²) in [4.78, 5) is 36.5. The number of thiophene rings is 1. The van der Waals surface area contributed by atoms with E-state index in [1.807, 2.05) is 0 Å². The van der Waals surface area contributed by atoms with Gasteiger partial charge in [-0.2, -0.15) is 0 Å². The maximum Gasteiger partial charge on any atom is 0.341 e. The van der Waals surface area contributed by atoms with Crippen molar-refractivity contribution >= 4 is 49.9 Å². The number of fused-ring (bicyclic) bond motifs is 1. The minimum atomic E-state index is -0.473. The number of rotatable bonds is 5. The average Bonchev–Trinajstić information content (AvgIpc) is 2.78. The summed E-state index contributed by atoms with van der Waals surface area (Å²) in [5.74, 6) is -0.630. The average molecular weight is 374 g/mol. The lowest BCUT2D eigenvalue weighted by Crippen LogP contribution is -2.16. The number of ether oxygens (including phenoxy) is 1. The predicted molar refractivity (Wildman–Crippen MR) is 84.6 cm³/mol. The highest BCUT2D eigenvalue weighted by molar-refractivity contribution is 9.09. The zero-order valence-corrected chi connectivity index (χ0v) is 14.1. The van der Waals surface area contributed by atoms with Gasteiger partial charge in [0, 0.05) is 18.2 Å². The Morgan fingerprint density at radius 2 is 2.14 bits per heavy atom. The molecule has 1 aliphatic rings. The lowest BCUT2D eigenvalue weighted by molar-refractivity contribution is -0.115. The van der Waals surface area contributed by atoms with Crippen LogP contribution in [0.25, 0.3) is 0 Å². The van der Waals surface area contributed by atoms with Crippen LogP contribution < -0.4 is 5.32 Å². The molecule has 0 unspecified atom stereocenters. The van der Waals surface area contributed by atoms with E-state index < -0.39 is 5.97 Å². The smallest absolute Gasteiger partial charge is 0.341 e. The number of hydrogen-bond acceptors (Lipinski definition) is 5. The van der Waals surface area contributed by atoms with Gasteiger partial charge in [-0.15, -0.1) is 11.3 Å². The Hall–Kier alpha value is -1.21. The highest BCUT2D eigenvalue weighted by Crippen LogP contribution is 2.38. The number of anilines is 1. The summed E-state index contributed by atoms with van der Waals surface area (Å²) in [6.07, 6.45) is 2.19. The molecule has 2 rings (SSSR count). The van der Waals surface area contributed by atoms with Gasteiger partial charge in [-0.25, -0.2) is 4.79 Å². The normalized spacial score (nSPS) is 13.7. The van der Waals surface area contributed by atoms with E-state index in [1.54, 1.807) is 6.92 Å². The van der Waals surface area contributed by atoms with E-state index in [4.69, 9.17) is 4.74 Å². The van der Waals surface area contributed by atoms with Crippen molar-refractivity contribution in [3.05, 3.63) is 16.0 Å². The van der Waals surface area contributed by atoms with E-state index >= 15 is 0 Å². The Morgan fingerprint density at radius 3 is 2.81 bits per heavy atom. The second-order valence-electron chi connectivity index (χ2n) is 4.60. The number of ketones is 1. The van der Waals surface area contributed by atoms with E-state index in [0.29, 0.717) is 40.0 Å². The van der Waals surface area contributed by atoms with Crippen molar-refractivity contribution in [2.24, 2.45) is 0 Å². The molecule has 1 aliphatic carbocycles. The molecule has 1 N–H and O–H groups in total. The van der Waals surface area contributed by atoms with Crippen molar-refractivity contribution in [3.63, 3.8) is 0 Å². The van der Waals surface area contributed by atoms with Gasteiger partial charge in [0.1, 0.15) is 5.00 Å². The molecular weight excluding hydrogens is 358 g/mol. The number of hydrogen-bond donors (Lipinski definition) is 1. The summed E-state index contributed by atoms with van der Waals surface area (Å²) in [7, 11) is 0. The minimum Gasteiger partial charge on any atom is -0.462 e. The molecule has 114 valence electrons. The lowest BCUT2D eigenvalue weighted by Gasteiger charge is -2.11. The van der Waals surface area contributed by atoms with E-state index in [9.17, 15) is 14.4 Å². The molecular formula is C14H16BrNO4S. The van der Waals surface area contributed by atoms with Crippen LogP contribution in [0.2, 0.25) is 0 Å². The van der Waals surface area contributed by atoms with Crippen LogP contribution in [-0.4, -0.2) is 29.6 Å². The van der Waals surface area contributed by atoms with E-state index in [1.165, 1.54) is 11.3 Å². The number of halogens is 1. The van der Waals surface area contributed by atoms with Gasteiger partial charge in [0.2, 0.25) is 5.91 Å². The molecule has 7 heteroatoms. The molecule has 0 spiro atoms. The molecule has 0 saturated carbocycles. The molecule has 1 amide bonds. The molecule has 0 radical (unpaired) electrons. The maximum absolute atomic E-state index is 12.2. The number of amides is 1. The zero-order valence-electron chi connectivity index (χ0n) is 11.7. The van der Waals surface area contributed by atoms with Gasteiger partial charge in [-0.3, -0.25) is 9.59 Å². The van der Waals surface area contributed by atoms with Gasteiger partial charge in [-0.05, 0) is 25.3 Å². The van der Waals surface area contributed by atoms with E-state index in [-0.39, 0.29) is 18.3 Å². The predicted octanol–water partition coefficient (Wildman–Crippen LogP) is 3.17. The van der Waals surface area contributed by atoms with Crippen molar-refractivity contribution in [1.82, 2.24) is 0 Å². The molecule has 0 bridgehead atoms. The fourth-order valence-electron chi connectivity index (χ4n) is 2.25. The topological polar surface area (TPSA) is 72.5 Å². The van der Waals surface area contributed by atoms with Gasteiger partial charge in [0.25, 0.3) is 0 Å². The molecule has 1 heterocycles. The number of carbonyl (C=O) groups is 3. The van der Waals surface area contributed by atoms with E-state index in [2.05, 4.69) is 21.2 Å². The fourth-order valence-corrected chi connectivity index (χ4v) is 3.83. The molecule has 5 nitrogen and oxygen atoms in total. The summed E-state index contributed by atoms with van der Waals surface area (Å²) in [6.45, 7) is 1.98. The number of nitrogens with one attached hydrogen (secondary N) is 1. The largest absolute Gasteiger partial charge is 0.462 e. The van der Waals surface area contributed by atoms with Crippen LogP contribution >= 0.6 is 27.3 Å². The second-order valence-corrected chi connectivity index (χ2v) is 6.41. The van der Waals surface area contributed by atoms with Gasteiger partial charge in [0.05, 0.1) is 17.0 Å². The first-order valence-electron chi connectivity index (χ1n) is 6.80. The van der Waals surface area contributed by atoms with Crippen molar-refractivity contribution < 1.29 is 19.1 Å². The molecule has 0 aliphatic heterocycles. The monoisotopic (exact) mass is 373 g/mol. The van der Waals surface area contributed by atoms with Crippen molar-refractivity contribution in [2.45, 2.75) is 32.6 Å². The zero-order chi connectivity index (χ0) is 15.4. The van der Waals surface area contributed by atoms with Gasteiger partial charge in [0.15, 0.2) is 5.78 Å². The van der Waals surface area contributed by atoms with Gasteiger partial charge in [-0.1, -0.05) is 15.9 Å². The first-order chi connectivity index (χ1) is 10.1. The summed E-state index contributed by atoms with van der Waals surface area (Å²) in [6, 6.07) is 0. The quantitative estimate of drug-likeness (QED) is 0.635. The van der Waals surface area contributed by atoms with Gasteiger partial charge < -0.3 is 10.1 Å². The Labute approximate surface area is 135 Å². The third-order valence-corrected chi connectivity index (χ3v) is 4.73. The van der Waals surface area contributed by atoms with Crippen LogP contribution in [-0.2, 0) is 16.0 Å². The molecule has 0 atom stereocenters. The third kappa shape index (κ3) is 3.52. The SMILES string of the molecule is CCOC(=O)c1c(NC(=O)CCBr)sc2c1CCCC2=O.